The zero-order valence-corrected chi connectivity index (χ0v) is 23.0. The predicted octanol–water partition coefficient (Wildman–Crippen LogP) is 7.24. The topological polar surface area (TPSA) is 45.2 Å². The van der Waals surface area contributed by atoms with Crippen molar-refractivity contribution >= 4 is 6.03 Å². The van der Waals surface area contributed by atoms with Crippen molar-refractivity contribution in [3.8, 4) is 0 Å². The Morgan fingerprint density at radius 2 is 1.19 bits per heavy atom. The van der Waals surface area contributed by atoms with Gasteiger partial charge in [-0.3, -0.25) is 4.98 Å². The minimum atomic E-state index is 0.212. The summed E-state index contributed by atoms with van der Waals surface area (Å²) in [4.78, 5) is 20.0. The van der Waals surface area contributed by atoms with Crippen LogP contribution in [0.25, 0.3) is 0 Å². The van der Waals surface area contributed by atoms with Crippen LogP contribution in [0, 0.1) is 46.3 Å². The number of rotatable bonds is 10. The molecule has 0 unspecified atom stereocenters. The zero-order chi connectivity index (χ0) is 24.9. The first-order valence-corrected chi connectivity index (χ1v) is 16.0. The van der Waals surface area contributed by atoms with Crippen molar-refractivity contribution in [2.75, 3.05) is 19.6 Å². The molecule has 0 spiro atoms. The van der Waals surface area contributed by atoms with Gasteiger partial charge in [0.1, 0.15) is 0 Å². The van der Waals surface area contributed by atoms with Gasteiger partial charge in [-0.2, -0.15) is 0 Å². The average molecular weight is 504 g/mol. The summed E-state index contributed by atoms with van der Waals surface area (Å²) in [5.41, 5.74) is 2.41. The highest BCUT2D eigenvalue weighted by molar-refractivity contribution is 5.74. The number of pyridine rings is 1. The van der Waals surface area contributed by atoms with Crippen LogP contribution in [0.5, 0.6) is 0 Å². The second-order valence-electron chi connectivity index (χ2n) is 15.0. The molecule has 8 bridgehead atoms. The normalized spacial score (nSPS) is 40.8. The summed E-state index contributed by atoms with van der Waals surface area (Å²) in [6.45, 7) is 2.73. The summed E-state index contributed by atoms with van der Waals surface area (Å²) in [6, 6.07) is 4.39. The van der Waals surface area contributed by atoms with Crippen molar-refractivity contribution in [3.05, 3.63) is 30.1 Å². The third-order valence-corrected chi connectivity index (χ3v) is 12.1. The lowest BCUT2D eigenvalue weighted by Crippen LogP contribution is -2.50. The summed E-state index contributed by atoms with van der Waals surface area (Å²) in [5.74, 6) is 5.97. The Morgan fingerprint density at radius 3 is 1.62 bits per heavy atom. The standard InChI is InChI=1S/C33H49N3O/c37-31(35-7-1-2-24-3-8-34-9-4-24)36(10-5-32-18-25-12-26(19-32)14-27(13-25)20-32)11-6-33-21-28-15-29(22-33)17-30(16-28)23-33/h3-4,8-9,25-30H,1-2,5-7,10-23H2,(H,35,37). The lowest BCUT2D eigenvalue weighted by atomic mass is 9.48. The van der Waals surface area contributed by atoms with Gasteiger partial charge in [-0.15, -0.1) is 0 Å². The highest BCUT2D eigenvalue weighted by Crippen LogP contribution is 2.62. The van der Waals surface area contributed by atoms with Crippen LogP contribution in [0.4, 0.5) is 4.79 Å². The molecule has 1 N–H and O–H groups in total. The maximum Gasteiger partial charge on any atom is 0.317 e. The van der Waals surface area contributed by atoms with Gasteiger partial charge in [0, 0.05) is 32.0 Å². The van der Waals surface area contributed by atoms with E-state index in [0.29, 0.717) is 10.8 Å². The zero-order valence-electron chi connectivity index (χ0n) is 23.0. The van der Waals surface area contributed by atoms with E-state index in [1.165, 1.54) is 95.5 Å². The van der Waals surface area contributed by atoms with Gasteiger partial charge in [0.05, 0.1) is 0 Å². The van der Waals surface area contributed by atoms with E-state index in [2.05, 4.69) is 27.3 Å². The fraction of sp³-hybridized carbons (Fsp3) is 0.818. The Morgan fingerprint density at radius 1 is 0.757 bits per heavy atom. The van der Waals surface area contributed by atoms with Gasteiger partial charge in [0.25, 0.3) is 0 Å². The molecule has 0 radical (unpaired) electrons. The van der Waals surface area contributed by atoms with Gasteiger partial charge < -0.3 is 10.2 Å². The Bertz CT molecular complexity index is 839. The van der Waals surface area contributed by atoms with Crippen LogP contribution in [-0.2, 0) is 6.42 Å². The van der Waals surface area contributed by atoms with Crippen molar-refractivity contribution < 1.29 is 4.79 Å². The number of nitrogens with zero attached hydrogens (tertiary/aromatic N) is 2. The second-order valence-corrected chi connectivity index (χ2v) is 15.0. The van der Waals surface area contributed by atoms with Gasteiger partial charge in [0.2, 0.25) is 0 Å². The third-order valence-electron chi connectivity index (χ3n) is 12.1. The van der Waals surface area contributed by atoms with Crippen molar-refractivity contribution in [3.63, 3.8) is 0 Å². The first kappa shape index (κ1) is 24.5. The number of hydrogen-bond acceptors (Lipinski definition) is 2. The van der Waals surface area contributed by atoms with Gasteiger partial charge in [-0.1, -0.05) is 0 Å². The number of aryl methyl sites for hydroxylation is 1. The number of carbonyl (C=O) groups is 1. The van der Waals surface area contributed by atoms with Crippen LogP contribution < -0.4 is 5.32 Å². The molecule has 0 atom stereocenters. The Hall–Kier alpha value is -1.58. The number of aromatic nitrogens is 1. The molecule has 4 heteroatoms. The molecule has 8 saturated carbocycles. The highest BCUT2D eigenvalue weighted by Gasteiger charge is 2.52. The van der Waals surface area contributed by atoms with Crippen LogP contribution in [0.15, 0.2) is 24.5 Å². The van der Waals surface area contributed by atoms with E-state index in [1.807, 2.05) is 12.4 Å². The van der Waals surface area contributed by atoms with E-state index in [9.17, 15) is 4.79 Å². The molecule has 8 aliphatic rings. The molecule has 4 nitrogen and oxygen atoms in total. The van der Waals surface area contributed by atoms with E-state index in [0.717, 1.165) is 68.0 Å². The lowest BCUT2D eigenvalue weighted by Gasteiger charge is -2.58. The molecule has 0 aliphatic heterocycles. The van der Waals surface area contributed by atoms with Crippen LogP contribution in [-0.4, -0.2) is 35.5 Å². The smallest absolute Gasteiger partial charge is 0.317 e. The molecule has 1 aromatic rings. The van der Waals surface area contributed by atoms with E-state index < -0.39 is 0 Å². The van der Waals surface area contributed by atoms with Crippen molar-refractivity contribution in [1.82, 2.24) is 15.2 Å². The molecule has 0 aromatic carbocycles. The molecule has 8 fully saturated rings. The first-order chi connectivity index (χ1) is 18.0. The summed E-state index contributed by atoms with van der Waals surface area (Å²) in [7, 11) is 0. The predicted molar refractivity (Wildman–Crippen MR) is 148 cm³/mol. The van der Waals surface area contributed by atoms with Crippen molar-refractivity contribution in [2.24, 2.45) is 46.3 Å². The van der Waals surface area contributed by atoms with Gasteiger partial charge in [0.15, 0.2) is 0 Å². The van der Waals surface area contributed by atoms with Crippen LogP contribution in [0.3, 0.4) is 0 Å². The van der Waals surface area contributed by atoms with Crippen LogP contribution in [0.1, 0.15) is 102 Å². The number of nitrogens with one attached hydrogen (secondary N) is 1. The Kier molecular flexibility index (Phi) is 6.52. The molecule has 2 amide bonds. The van der Waals surface area contributed by atoms with Gasteiger partial charge in [-0.25, -0.2) is 4.79 Å². The molecule has 1 aromatic heterocycles. The lowest BCUT2D eigenvalue weighted by molar-refractivity contribution is -0.0656. The van der Waals surface area contributed by atoms with Gasteiger partial charge >= 0.3 is 6.03 Å². The molecule has 8 aliphatic carbocycles. The number of carbonyl (C=O) groups excluding carboxylic acids is 1. The molecule has 37 heavy (non-hydrogen) atoms. The van der Waals surface area contributed by atoms with Crippen molar-refractivity contribution in [1.29, 1.82) is 0 Å². The summed E-state index contributed by atoms with van der Waals surface area (Å²) >= 11 is 0. The maximum absolute atomic E-state index is 13.6. The SMILES string of the molecule is O=C(NCCCc1ccncc1)N(CCC12CC3CC(CC(C3)C1)C2)CCC12CC3CC(CC(C3)C1)C2. The summed E-state index contributed by atoms with van der Waals surface area (Å²) in [6.07, 6.45) is 26.0. The number of urea groups is 1. The van der Waals surface area contributed by atoms with Gasteiger partial charge in [-0.05, 0) is 167 Å². The minimum Gasteiger partial charge on any atom is -0.338 e. The molecular formula is C33H49N3O. The Balaban J connectivity index is 0.982. The molecule has 9 rings (SSSR count). The summed E-state index contributed by atoms with van der Waals surface area (Å²) < 4.78 is 0. The fourth-order valence-electron chi connectivity index (χ4n) is 11.4. The molecule has 202 valence electrons. The van der Waals surface area contributed by atoms with E-state index in [1.54, 1.807) is 0 Å². The van der Waals surface area contributed by atoms with Crippen LogP contribution >= 0.6 is 0 Å². The second kappa shape index (κ2) is 9.87. The van der Waals surface area contributed by atoms with E-state index >= 15 is 0 Å². The quantitative estimate of drug-likeness (QED) is 0.342. The third kappa shape index (κ3) is 5.20. The monoisotopic (exact) mass is 503 g/mol. The Labute approximate surface area is 224 Å². The highest BCUT2D eigenvalue weighted by atomic mass is 16.2. The summed E-state index contributed by atoms with van der Waals surface area (Å²) in [5, 5.41) is 3.34. The molecular weight excluding hydrogens is 454 g/mol. The average Bonchev–Trinajstić information content (AvgIpc) is 2.85. The van der Waals surface area contributed by atoms with Crippen molar-refractivity contribution in [2.45, 2.75) is 103 Å². The fourth-order valence-corrected chi connectivity index (χ4v) is 11.4. The largest absolute Gasteiger partial charge is 0.338 e. The minimum absolute atomic E-state index is 0.212. The van der Waals surface area contributed by atoms with E-state index in [4.69, 9.17) is 0 Å². The number of amides is 2. The molecule has 0 saturated heterocycles. The maximum atomic E-state index is 13.6. The molecule has 1 heterocycles. The first-order valence-electron chi connectivity index (χ1n) is 16.0. The number of hydrogen-bond donors (Lipinski definition) is 1. The van der Waals surface area contributed by atoms with E-state index in [-0.39, 0.29) is 6.03 Å². The van der Waals surface area contributed by atoms with Crippen LogP contribution in [0.2, 0.25) is 0 Å².